The van der Waals surface area contributed by atoms with Crippen molar-refractivity contribution < 1.29 is 42.9 Å². The molecule has 29 heavy (non-hydrogen) atoms. The molecule has 1 atom stereocenters. The van der Waals surface area contributed by atoms with Gasteiger partial charge in [0.05, 0.1) is 11.6 Å². The molecule has 160 valence electrons. The molecule has 0 bridgehead atoms. The van der Waals surface area contributed by atoms with Crippen molar-refractivity contribution in [3.05, 3.63) is 35.4 Å². The summed E-state index contributed by atoms with van der Waals surface area (Å²) in [5.41, 5.74) is 5.96. The maximum atomic E-state index is 12.7. The Kier molecular flexibility index (Phi) is 13.5. The monoisotopic (exact) mass is 469 g/mol. The standard InChI is InChI=1S/C18H28F3N5O.H2O.Zn/c19-18(20,21)15-3-1-14(2-4-15)13-16(22)17(27)26-11-9-24-7-5-23-6-8-25-10-12-26;;/h1-4,16,23-25H,5-13,22H2;1H2;/q;;+2/t16-;;/m0../s1. The van der Waals surface area contributed by atoms with Crippen LogP contribution in [-0.4, -0.2) is 74.7 Å². The van der Waals surface area contributed by atoms with Crippen LogP contribution in [0.1, 0.15) is 11.1 Å². The van der Waals surface area contributed by atoms with Crippen molar-refractivity contribution >= 4 is 5.91 Å². The fraction of sp³-hybridized carbons (Fsp3) is 0.611. The summed E-state index contributed by atoms with van der Waals surface area (Å²) in [6.07, 6.45) is -4.16. The number of hydrogen-bond donors (Lipinski definition) is 4. The van der Waals surface area contributed by atoms with E-state index in [9.17, 15) is 18.0 Å². The average Bonchev–Trinajstić information content (AvgIpc) is 2.61. The van der Waals surface area contributed by atoms with Crippen LogP contribution in [0.3, 0.4) is 0 Å². The summed E-state index contributed by atoms with van der Waals surface area (Å²) >= 11 is 0. The minimum atomic E-state index is -4.37. The Bertz CT molecular complexity index is 578. The van der Waals surface area contributed by atoms with Gasteiger partial charge in [0.2, 0.25) is 5.91 Å². The fourth-order valence-corrected chi connectivity index (χ4v) is 2.89. The Labute approximate surface area is 182 Å². The van der Waals surface area contributed by atoms with Gasteiger partial charge in [-0.05, 0) is 24.1 Å². The zero-order valence-electron chi connectivity index (χ0n) is 16.5. The van der Waals surface area contributed by atoms with E-state index < -0.39 is 17.8 Å². The van der Waals surface area contributed by atoms with E-state index in [0.717, 1.165) is 38.3 Å². The third-order valence-corrected chi connectivity index (χ3v) is 4.44. The minimum absolute atomic E-state index is 0. The third-order valence-electron chi connectivity index (χ3n) is 4.44. The van der Waals surface area contributed by atoms with Crippen LogP contribution in [0.15, 0.2) is 24.3 Å². The van der Waals surface area contributed by atoms with Crippen LogP contribution in [0, 0.1) is 0 Å². The largest absolute Gasteiger partial charge is 2.00 e. The number of carbonyl (C=O) groups excluding carboxylic acids is 1. The van der Waals surface area contributed by atoms with Crippen molar-refractivity contribution in [3.8, 4) is 0 Å². The summed E-state index contributed by atoms with van der Waals surface area (Å²) in [6, 6.07) is 4.01. The topological polar surface area (TPSA) is 114 Å². The average molecular weight is 471 g/mol. The van der Waals surface area contributed by atoms with Gasteiger partial charge >= 0.3 is 25.7 Å². The molecule has 0 saturated carbocycles. The Hall–Kier alpha value is -1.10. The van der Waals surface area contributed by atoms with Gasteiger partial charge < -0.3 is 32.1 Å². The van der Waals surface area contributed by atoms with Crippen LogP contribution < -0.4 is 21.7 Å². The van der Waals surface area contributed by atoms with Gasteiger partial charge in [-0.25, -0.2) is 0 Å². The van der Waals surface area contributed by atoms with Gasteiger partial charge in [-0.3, -0.25) is 4.79 Å². The Morgan fingerprint density at radius 1 is 0.966 bits per heavy atom. The van der Waals surface area contributed by atoms with E-state index in [-0.39, 0.29) is 37.3 Å². The zero-order valence-corrected chi connectivity index (χ0v) is 19.5. The summed E-state index contributed by atoms with van der Waals surface area (Å²) < 4.78 is 37.9. The molecular weight excluding hydrogens is 441 g/mol. The first kappa shape index (κ1) is 27.9. The van der Waals surface area contributed by atoms with Crippen LogP contribution >= 0.6 is 0 Å². The second kappa shape index (κ2) is 14.0. The first-order valence-corrected chi connectivity index (χ1v) is 9.20. The van der Waals surface area contributed by atoms with E-state index in [1.165, 1.54) is 12.1 Å². The maximum absolute atomic E-state index is 12.7. The van der Waals surface area contributed by atoms with Gasteiger partial charge in [-0.1, -0.05) is 12.1 Å². The number of nitrogens with two attached hydrogens (primary N) is 1. The molecule has 7 nitrogen and oxygen atoms in total. The van der Waals surface area contributed by atoms with Crippen LogP contribution in [0.5, 0.6) is 0 Å². The molecule has 0 aliphatic carbocycles. The van der Waals surface area contributed by atoms with Crippen molar-refractivity contribution in [2.75, 3.05) is 52.4 Å². The Balaban J connectivity index is 0.00000392. The molecule has 0 aromatic heterocycles. The number of amides is 1. The first-order chi connectivity index (χ1) is 12.9. The van der Waals surface area contributed by atoms with Gasteiger partial charge in [0.15, 0.2) is 0 Å². The van der Waals surface area contributed by atoms with Crippen LogP contribution in [-0.2, 0) is 36.9 Å². The molecule has 7 N–H and O–H groups in total. The van der Waals surface area contributed by atoms with E-state index in [2.05, 4.69) is 16.0 Å². The number of rotatable bonds is 3. The number of nitrogens with one attached hydrogen (secondary N) is 3. The summed E-state index contributed by atoms with van der Waals surface area (Å²) in [7, 11) is 0. The molecule has 1 amide bonds. The molecule has 0 radical (unpaired) electrons. The second-order valence-electron chi connectivity index (χ2n) is 6.58. The van der Waals surface area contributed by atoms with Gasteiger partial charge in [-0.2, -0.15) is 13.2 Å². The smallest absolute Gasteiger partial charge is 0.412 e. The summed E-state index contributed by atoms with van der Waals surface area (Å²) in [6.45, 7) is 5.79. The molecule has 1 aliphatic rings. The van der Waals surface area contributed by atoms with Crippen molar-refractivity contribution in [2.24, 2.45) is 5.73 Å². The van der Waals surface area contributed by atoms with E-state index in [0.29, 0.717) is 31.7 Å². The SMILES string of the molecule is N[C@@H](Cc1ccc(C(F)(F)F)cc1)C(=O)N1CCNCCNCCNCC1.O.[Zn+2]. The van der Waals surface area contributed by atoms with Crippen LogP contribution in [0.2, 0.25) is 0 Å². The Morgan fingerprint density at radius 2 is 1.41 bits per heavy atom. The third kappa shape index (κ3) is 9.97. The van der Waals surface area contributed by atoms with Crippen molar-refractivity contribution in [1.29, 1.82) is 0 Å². The number of benzene rings is 1. The predicted octanol–water partition coefficient (Wildman–Crippen LogP) is -0.641. The second-order valence-corrected chi connectivity index (χ2v) is 6.58. The van der Waals surface area contributed by atoms with E-state index in [1.54, 1.807) is 4.90 Å². The quantitative estimate of drug-likeness (QED) is 0.439. The van der Waals surface area contributed by atoms with Gasteiger partial charge in [0.25, 0.3) is 0 Å². The fourth-order valence-electron chi connectivity index (χ4n) is 2.89. The normalized spacial score (nSPS) is 17.7. The predicted molar refractivity (Wildman–Crippen MR) is 102 cm³/mol. The molecule has 1 heterocycles. The minimum Gasteiger partial charge on any atom is -0.412 e. The molecule has 1 saturated heterocycles. The number of alkyl halides is 3. The molecule has 1 aliphatic heterocycles. The number of carbonyl (C=O) groups is 1. The molecule has 11 heteroatoms. The van der Waals surface area contributed by atoms with Crippen LogP contribution in [0.4, 0.5) is 13.2 Å². The molecule has 2 rings (SSSR count). The van der Waals surface area contributed by atoms with Crippen molar-refractivity contribution in [3.63, 3.8) is 0 Å². The van der Waals surface area contributed by atoms with Gasteiger partial charge in [0, 0.05) is 52.4 Å². The summed E-state index contributed by atoms with van der Waals surface area (Å²) in [5.74, 6) is -0.186. The van der Waals surface area contributed by atoms with E-state index in [1.807, 2.05) is 0 Å². The van der Waals surface area contributed by atoms with Crippen molar-refractivity contribution in [1.82, 2.24) is 20.9 Å². The maximum Gasteiger partial charge on any atom is 2.00 e. The number of halogens is 3. The van der Waals surface area contributed by atoms with E-state index in [4.69, 9.17) is 5.73 Å². The van der Waals surface area contributed by atoms with Gasteiger partial charge in [-0.15, -0.1) is 0 Å². The zero-order chi connectivity index (χ0) is 19.7. The first-order valence-electron chi connectivity index (χ1n) is 9.20. The molecule has 0 unspecified atom stereocenters. The molecule has 1 fully saturated rings. The summed E-state index contributed by atoms with van der Waals surface area (Å²) in [5, 5.41) is 9.85. The molecule has 1 aromatic rings. The van der Waals surface area contributed by atoms with Crippen molar-refractivity contribution in [2.45, 2.75) is 18.6 Å². The molecule has 1 aromatic carbocycles. The molecular formula is C18H30F3N5O2Zn+2. The number of hydrogen-bond acceptors (Lipinski definition) is 5. The summed E-state index contributed by atoms with van der Waals surface area (Å²) in [4.78, 5) is 14.4. The number of nitrogens with zero attached hydrogens (tertiary/aromatic N) is 1. The van der Waals surface area contributed by atoms with Crippen LogP contribution in [0.25, 0.3) is 0 Å². The molecule has 0 spiro atoms. The van der Waals surface area contributed by atoms with Gasteiger partial charge in [0.1, 0.15) is 0 Å². The van der Waals surface area contributed by atoms with E-state index >= 15 is 0 Å². The Morgan fingerprint density at radius 3 is 1.86 bits per heavy atom.